The molecule has 0 saturated carbocycles. The van der Waals surface area contributed by atoms with Crippen LogP contribution in [0.1, 0.15) is 46.0 Å². The summed E-state index contributed by atoms with van der Waals surface area (Å²) < 4.78 is 0. The molecule has 0 bridgehead atoms. The molecule has 1 heterocycles. The highest BCUT2D eigenvalue weighted by atomic mass is 16.2. The maximum absolute atomic E-state index is 11.7. The largest absolute Gasteiger partial charge is 0.353 e. The molecule has 5 heteroatoms. The third-order valence-corrected chi connectivity index (χ3v) is 3.37. The summed E-state index contributed by atoms with van der Waals surface area (Å²) in [4.78, 5) is 24.7. The van der Waals surface area contributed by atoms with Gasteiger partial charge in [-0.25, -0.2) is 0 Å². The van der Waals surface area contributed by atoms with E-state index in [1.807, 2.05) is 11.8 Å². The van der Waals surface area contributed by atoms with Gasteiger partial charge in [0, 0.05) is 38.5 Å². The van der Waals surface area contributed by atoms with Crippen molar-refractivity contribution in [3.8, 4) is 0 Å². The van der Waals surface area contributed by atoms with Gasteiger partial charge in [0.15, 0.2) is 0 Å². The predicted molar refractivity (Wildman–Crippen MR) is 70.9 cm³/mol. The molecule has 1 rings (SSSR count). The van der Waals surface area contributed by atoms with Crippen molar-refractivity contribution < 1.29 is 9.59 Å². The van der Waals surface area contributed by atoms with Crippen LogP contribution in [0.25, 0.3) is 0 Å². The Kier molecular flexibility index (Phi) is 6.12. The molecule has 1 unspecified atom stereocenters. The zero-order valence-corrected chi connectivity index (χ0v) is 11.4. The molecule has 18 heavy (non-hydrogen) atoms. The Morgan fingerprint density at radius 1 is 1.39 bits per heavy atom. The Balaban J connectivity index is 2.16. The number of amides is 2. The van der Waals surface area contributed by atoms with Gasteiger partial charge < -0.3 is 16.0 Å². The zero-order valence-electron chi connectivity index (χ0n) is 11.4. The van der Waals surface area contributed by atoms with Crippen LogP contribution in [0.2, 0.25) is 0 Å². The first kappa shape index (κ1) is 15.0. The van der Waals surface area contributed by atoms with Crippen LogP contribution in [0, 0.1) is 0 Å². The van der Waals surface area contributed by atoms with E-state index in [1.54, 1.807) is 6.92 Å². The Bertz CT molecular complexity index is 284. The van der Waals surface area contributed by atoms with Gasteiger partial charge in [-0.15, -0.1) is 0 Å². The van der Waals surface area contributed by atoms with Gasteiger partial charge in [0.2, 0.25) is 11.8 Å². The van der Waals surface area contributed by atoms with Gasteiger partial charge in [-0.05, 0) is 32.6 Å². The molecule has 3 N–H and O–H groups in total. The fourth-order valence-corrected chi connectivity index (χ4v) is 2.22. The van der Waals surface area contributed by atoms with E-state index < -0.39 is 0 Å². The van der Waals surface area contributed by atoms with Crippen molar-refractivity contribution in [2.75, 3.05) is 13.1 Å². The fraction of sp³-hybridized carbons (Fsp3) is 0.846. The lowest BCUT2D eigenvalue weighted by atomic mass is 10.0. The number of hydrogen-bond acceptors (Lipinski definition) is 3. The van der Waals surface area contributed by atoms with Gasteiger partial charge >= 0.3 is 0 Å². The molecule has 5 nitrogen and oxygen atoms in total. The molecule has 104 valence electrons. The lowest BCUT2D eigenvalue weighted by Gasteiger charge is -2.31. The molecule has 1 aliphatic rings. The second kappa shape index (κ2) is 7.36. The van der Waals surface area contributed by atoms with Gasteiger partial charge in [0.25, 0.3) is 0 Å². The predicted octanol–water partition coefficient (Wildman–Crippen LogP) is 0.631. The summed E-state index contributed by atoms with van der Waals surface area (Å²) in [5, 5.41) is 3.03. The first-order chi connectivity index (χ1) is 8.49. The fourth-order valence-electron chi connectivity index (χ4n) is 2.22. The van der Waals surface area contributed by atoms with Gasteiger partial charge in [0.1, 0.15) is 0 Å². The minimum absolute atomic E-state index is 0.108. The van der Waals surface area contributed by atoms with E-state index in [0.717, 1.165) is 38.8 Å². The number of carbonyl (C=O) groups excluding carboxylic acids is 2. The standard InChI is InChI=1S/C13H25N3O2/c1-10(14)4-3-5-13(18)15-12-6-8-16(9-7-12)11(2)17/h10,12H,3-9,14H2,1-2H3,(H,15,18). The summed E-state index contributed by atoms with van der Waals surface area (Å²) in [6.07, 6.45) is 4.00. The molecule has 0 aromatic carbocycles. The number of rotatable bonds is 5. The summed E-state index contributed by atoms with van der Waals surface area (Å²) in [6.45, 7) is 5.04. The van der Waals surface area contributed by atoms with Crippen LogP contribution in [-0.2, 0) is 9.59 Å². The summed E-state index contributed by atoms with van der Waals surface area (Å²) in [6, 6.07) is 0.389. The number of likely N-dealkylation sites (tertiary alicyclic amines) is 1. The molecule has 1 fully saturated rings. The molecule has 2 amide bonds. The van der Waals surface area contributed by atoms with Crippen LogP contribution in [0.4, 0.5) is 0 Å². The maximum atomic E-state index is 11.7. The van der Waals surface area contributed by atoms with Crippen LogP contribution in [0.3, 0.4) is 0 Å². The van der Waals surface area contributed by atoms with E-state index in [1.165, 1.54) is 0 Å². The monoisotopic (exact) mass is 255 g/mol. The first-order valence-electron chi connectivity index (χ1n) is 6.79. The Labute approximate surface area is 109 Å². The molecule has 1 saturated heterocycles. The summed E-state index contributed by atoms with van der Waals surface area (Å²) in [5.74, 6) is 0.230. The SMILES string of the molecule is CC(=O)N1CCC(NC(=O)CCCC(C)N)CC1. The Hall–Kier alpha value is -1.10. The highest BCUT2D eigenvalue weighted by Crippen LogP contribution is 2.11. The molecule has 1 aliphatic heterocycles. The van der Waals surface area contributed by atoms with Crippen molar-refractivity contribution in [1.82, 2.24) is 10.2 Å². The number of nitrogens with two attached hydrogens (primary N) is 1. The van der Waals surface area contributed by atoms with Crippen LogP contribution >= 0.6 is 0 Å². The zero-order chi connectivity index (χ0) is 13.5. The lowest BCUT2D eigenvalue weighted by molar-refractivity contribution is -0.130. The number of hydrogen-bond donors (Lipinski definition) is 2. The van der Waals surface area contributed by atoms with Gasteiger partial charge in [0.05, 0.1) is 0 Å². The average molecular weight is 255 g/mol. The van der Waals surface area contributed by atoms with Crippen LogP contribution in [0.5, 0.6) is 0 Å². The van der Waals surface area contributed by atoms with Crippen LogP contribution < -0.4 is 11.1 Å². The molecule has 0 aromatic heterocycles. The van der Waals surface area contributed by atoms with Crippen molar-refractivity contribution in [1.29, 1.82) is 0 Å². The first-order valence-corrected chi connectivity index (χ1v) is 6.79. The van der Waals surface area contributed by atoms with Crippen molar-refractivity contribution in [3.05, 3.63) is 0 Å². The van der Waals surface area contributed by atoms with E-state index >= 15 is 0 Å². The van der Waals surface area contributed by atoms with E-state index in [2.05, 4.69) is 5.32 Å². The van der Waals surface area contributed by atoms with Gasteiger partial charge in [-0.2, -0.15) is 0 Å². The molecule has 0 radical (unpaired) electrons. The third kappa shape index (κ3) is 5.49. The van der Waals surface area contributed by atoms with E-state index in [9.17, 15) is 9.59 Å². The highest BCUT2D eigenvalue weighted by Gasteiger charge is 2.21. The van der Waals surface area contributed by atoms with Crippen LogP contribution in [-0.4, -0.2) is 41.9 Å². The molecule has 0 aliphatic carbocycles. The number of nitrogens with one attached hydrogen (secondary N) is 1. The molecular weight excluding hydrogens is 230 g/mol. The Morgan fingerprint density at radius 2 is 2.00 bits per heavy atom. The highest BCUT2D eigenvalue weighted by molar-refractivity contribution is 5.76. The number of piperidine rings is 1. The number of carbonyl (C=O) groups is 2. The van der Waals surface area contributed by atoms with Gasteiger partial charge in [-0.1, -0.05) is 0 Å². The van der Waals surface area contributed by atoms with Crippen molar-refractivity contribution in [3.63, 3.8) is 0 Å². The normalized spacial score (nSPS) is 18.5. The van der Waals surface area contributed by atoms with Crippen molar-refractivity contribution in [2.45, 2.75) is 58.0 Å². The topological polar surface area (TPSA) is 75.4 Å². The van der Waals surface area contributed by atoms with E-state index in [4.69, 9.17) is 5.73 Å². The number of nitrogens with zero attached hydrogens (tertiary/aromatic N) is 1. The maximum Gasteiger partial charge on any atom is 0.220 e. The van der Waals surface area contributed by atoms with Gasteiger partial charge in [-0.3, -0.25) is 9.59 Å². The lowest BCUT2D eigenvalue weighted by Crippen LogP contribution is -2.45. The van der Waals surface area contributed by atoms with Crippen molar-refractivity contribution >= 4 is 11.8 Å². The molecule has 0 spiro atoms. The van der Waals surface area contributed by atoms with Crippen molar-refractivity contribution in [2.24, 2.45) is 5.73 Å². The van der Waals surface area contributed by atoms with E-state index in [-0.39, 0.29) is 23.9 Å². The second-order valence-corrected chi connectivity index (χ2v) is 5.22. The quantitative estimate of drug-likeness (QED) is 0.756. The molecule has 0 aromatic rings. The molecular formula is C13H25N3O2. The summed E-state index contributed by atoms with van der Waals surface area (Å²) >= 11 is 0. The summed E-state index contributed by atoms with van der Waals surface area (Å²) in [5.41, 5.74) is 5.64. The second-order valence-electron chi connectivity index (χ2n) is 5.22. The smallest absolute Gasteiger partial charge is 0.220 e. The van der Waals surface area contributed by atoms with Crippen LogP contribution in [0.15, 0.2) is 0 Å². The summed E-state index contributed by atoms with van der Waals surface area (Å²) in [7, 11) is 0. The van der Waals surface area contributed by atoms with E-state index in [0.29, 0.717) is 6.42 Å². The third-order valence-electron chi connectivity index (χ3n) is 3.37. The minimum Gasteiger partial charge on any atom is -0.353 e. The average Bonchev–Trinajstić information content (AvgIpc) is 2.29. The molecule has 1 atom stereocenters. The Morgan fingerprint density at radius 3 is 2.50 bits per heavy atom. The minimum atomic E-state index is 0.108.